The van der Waals surface area contributed by atoms with Crippen LogP contribution in [0.2, 0.25) is 0 Å². The molecule has 5 heteroatoms. The lowest BCUT2D eigenvalue weighted by atomic mass is 10.1. The molecule has 2 heterocycles. The highest BCUT2D eigenvalue weighted by atomic mass is 16.1. The summed E-state index contributed by atoms with van der Waals surface area (Å²) in [6.45, 7) is 0.532. The summed E-state index contributed by atoms with van der Waals surface area (Å²) in [5.74, 6) is 0. The third-order valence-corrected chi connectivity index (χ3v) is 3.28. The minimum Gasteiger partial charge on any atom is -0.326 e. The summed E-state index contributed by atoms with van der Waals surface area (Å²) in [5, 5.41) is 0. The van der Waals surface area contributed by atoms with Gasteiger partial charge in [-0.05, 0) is 17.2 Å². The fraction of sp³-hybridized carbons (Fsp3) is 0.143. The summed E-state index contributed by atoms with van der Waals surface area (Å²) >= 11 is 0. The highest BCUT2D eigenvalue weighted by Crippen LogP contribution is 2.21. The van der Waals surface area contributed by atoms with Crippen molar-refractivity contribution in [2.45, 2.75) is 6.54 Å². The molecule has 3 rings (SSSR count). The molecule has 0 aliphatic heterocycles. The van der Waals surface area contributed by atoms with Crippen LogP contribution in [-0.2, 0) is 13.6 Å². The van der Waals surface area contributed by atoms with Gasteiger partial charge in [-0.1, -0.05) is 24.3 Å². The number of pyridine rings is 1. The second-order valence-corrected chi connectivity index (χ2v) is 4.48. The van der Waals surface area contributed by atoms with E-state index in [0.29, 0.717) is 12.2 Å². The van der Waals surface area contributed by atoms with E-state index in [9.17, 15) is 4.79 Å². The number of fused-ring (bicyclic) bond motifs is 1. The predicted octanol–water partition coefficient (Wildman–Crippen LogP) is 1.39. The molecular weight excluding hydrogens is 240 g/mol. The molecule has 3 N–H and O–H groups in total. The maximum atomic E-state index is 11.5. The number of aryl methyl sites for hydroxylation is 1. The second kappa shape index (κ2) is 4.37. The van der Waals surface area contributed by atoms with Crippen LogP contribution in [-0.4, -0.2) is 14.5 Å². The number of imidazole rings is 1. The second-order valence-electron chi connectivity index (χ2n) is 4.48. The van der Waals surface area contributed by atoms with Crippen LogP contribution in [0.25, 0.3) is 22.3 Å². The molecule has 96 valence electrons. The number of nitrogens with two attached hydrogens (primary N) is 1. The van der Waals surface area contributed by atoms with Crippen LogP contribution in [0.5, 0.6) is 0 Å². The van der Waals surface area contributed by atoms with E-state index in [2.05, 4.69) is 9.97 Å². The Kier molecular flexibility index (Phi) is 2.68. The molecule has 1 aromatic carbocycles. The number of nitrogens with zero attached hydrogens (tertiary/aromatic N) is 2. The van der Waals surface area contributed by atoms with Gasteiger partial charge in [0.1, 0.15) is 0 Å². The third-order valence-electron chi connectivity index (χ3n) is 3.28. The fourth-order valence-electron chi connectivity index (χ4n) is 2.09. The van der Waals surface area contributed by atoms with Crippen LogP contribution in [0.4, 0.5) is 0 Å². The minimum atomic E-state index is -0.155. The van der Waals surface area contributed by atoms with Crippen molar-refractivity contribution in [3.05, 3.63) is 52.6 Å². The lowest BCUT2D eigenvalue weighted by molar-refractivity contribution is 0.891. The normalized spacial score (nSPS) is 11.1. The van der Waals surface area contributed by atoms with E-state index < -0.39 is 0 Å². The topological polar surface area (TPSA) is 76.7 Å². The van der Waals surface area contributed by atoms with E-state index in [4.69, 9.17) is 5.73 Å². The van der Waals surface area contributed by atoms with E-state index in [0.717, 1.165) is 22.2 Å². The molecule has 3 aromatic rings. The van der Waals surface area contributed by atoms with Gasteiger partial charge in [0, 0.05) is 25.4 Å². The van der Waals surface area contributed by atoms with Crippen molar-refractivity contribution in [3.63, 3.8) is 0 Å². The van der Waals surface area contributed by atoms with Crippen LogP contribution in [0.1, 0.15) is 5.56 Å². The first-order valence-electron chi connectivity index (χ1n) is 6.03. The average molecular weight is 254 g/mol. The Labute approximate surface area is 109 Å². The Morgan fingerprint density at radius 1 is 1.26 bits per heavy atom. The molecule has 0 amide bonds. The molecule has 0 radical (unpaired) electrons. The van der Waals surface area contributed by atoms with Crippen molar-refractivity contribution in [1.82, 2.24) is 14.5 Å². The monoisotopic (exact) mass is 254 g/mol. The Balaban J connectivity index is 2.13. The number of rotatable bonds is 2. The van der Waals surface area contributed by atoms with Gasteiger partial charge in [-0.2, -0.15) is 0 Å². The quantitative estimate of drug-likeness (QED) is 0.725. The van der Waals surface area contributed by atoms with Crippen molar-refractivity contribution in [2.24, 2.45) is 12.8 Å². The fourth-order valence-corrected chi connectivity index (χ4v) is 2.09. The van der Waals surface area contributed by atoms with E-state index >= 15 is 0 Å². The molecule has 0 saturated carbocycles. The molecule has 0 atom stereocenters. The van der Waals surface area contributed by atoms with Crippen molar-refractivity contribution >= 4 is 11.2 Å². The number of hydrogen-bond acceptors (Lipinski definition) is 3. The van der Waals surface area contributed by atoms with Crippen molar-refractivity contribution in [3.8, 4) is 11.1 Å². The average Bonchev–Trinajstić information content (AvgIpc) is 2.74. The van der Waals surface area contributed by atoms with Gasteiger partial charge in [0.15, 0.2) is 5.65 Å². The molecule has 0 aliphatic carbocycles. The Morgan fingerprint density at radius 3 is 2.68 bits per heavy atom. The van der Waals surface area contributed by atoms with Crippen LogP contribution >= 0.6 is 0 Å². The first kappa shape index (κ1) is 11.7. The van der Waals surface area contributed by atoms with Gasteiger partial charge in [0.25, 0.3) is 0 Å². The summed E-state index contributed by atoms with van der Waals surface area (Å²) in [4.78, 5) is 18.5. The molecule has 0 saturated heterocycles. The van der Waals surface area contributed by atoms with Crippen molar-refractivity contribution in [1.29, 1.82) is 0 Å². The Morgan fingerprint density at radius 2 is 2.00 bits per heavy atom. The van der Waals surface area contributed by atoms with E-state index in [1.807, 2.05) is 30.3 Å². The lowest BCUT2D eigenvalue weighted by Crippen LogP contribution is -2.11. The Bertz CT molecular complexity index is 783. The van der Waals surface area contributed by atoms with Gasteiger partial charge in [-0.15, -0.1) is 0 Å². The van der Waals surface area contributed by atoms with Crippen LogP contribution in [0.15, 0.2) is 41.3 Å². The molecule has 0 spiro atoms. The van der Waals surface area contributed by atoms with Crippen molar-refractivity contribution < 1.29 is 0 Å². The zero-order valence-corrected chi connectivity index (χ0v) is 10.6. The van der Waals surface area contributed by atoms with Gasteiger partial charge >= 0.3 is 5.69 Å². The highest BCUT2D eigenvalue weighted by Gasteiger charge is 2.06. The maximum absolute atomic E-state index is 11.5. The molecular formula is C14H14N4O. The number of nitrogens with one attached hydrogen (secondary N) is 1. The van der Waals surface area contributed by atoms with Gasteiger partial charge in [0.05, 0.1) is 5.52 Å². The molecule has 0 bridgehead atoms. The number of benzene rings is 1. The first-order valence-corrected chi connectivity index (χ1v) is 6.03. The van der Waals surface area contributed by atoms with Crippen LogP contribution < -0.4 is 11.4 Å². The number of aromatic nitrogens is 3. The molecule has 0 fully saturated rings. The maximum Gasteiger partial charge on any atom is 0.327 e. The summed E-state index contributed by atoms with van der Waals surface area (Å²) < 4.78 is 1.56. The number of aromatic amines is 1. The van der Waals surface area contributed by atoms with E-state index in [-0.39, 0.29) is 5.69 Å². The van der Waals surface area contributed by atoms with E-state index in [1.54, 1.807) is 17.8 Å². The molecule has 0 aliphatic rings. The summed E-state index contributed by atoms with van der Waals surface area (Å²) in [6.07, 6.45) is 1.76. The van der Waals surface area contributed by atoms with Gasteiger partial charge in [-0.25, -0.2) is 9.78 Å². The number of hydrogen-bond donors (Lipinski definition) is 2. The zero-order valence-electron chi connectivity index (χ0n) is 10.6. The SMILES string of the molecule is Cn1c(=O)[nH]c2ncc(-c3ccc(CN)cc3)cc21. The zero-order chi connectivity index (χ0) is 13.4. The minimum absolute atomic E-state index is 0.155. The standard InChI is InChI=1S/C14H14N4O/c1-18-12-6-11(8-16-13(12)17-14(18)19)10-4-2-9(7-15)3-5-10/h2-6,8H,7,15H2,1H3,(H,16,17,19). The van der Waals surface area contributed by atoms with E-state index in [1.165, 1.54) is 0 Å². The highest BCUT2D eigenvalue weighted by molar-refractivity contribution is 5.78. The smallest absolute Gasteiger partial charge is 0.326 e. The Hall–Kier alpha value is -2.40. The van der Waals surface area contributed by atoms with Crippen LogP contribution in [0.3, 0.4) is 0 Å². The molecule has 5 nitrogen and oxygen atoms in total. The number of H-pyrrole nitrogens is 1. The van der Waals surface area contributed by atoms with Gasteiger partial charge in [-0.3, -0.25) is 9.55 Å². The third kappa shape index (κ3) is 1.94. The largest absolute Gasteiger partial charge is 0.327 e. The van der Waals surface area contributed by atoms with Gasteiger partial charge in [0.2, 0.25) is 0 Å². The predicted molar refractivity (Wildman–Crippen MR) is 74.7 cm³/mol. The molecule has 2 aromatic heterocycles. The van der Waals surface area contributed by atoms with Gasteiger partial charge < -0.3 is 5.73 Å². The first-order chi connectivity index (χ1) is 9.19. The summed E-state index contributed by atoms with van der Waals surface area (Å²) in [7, 11) is 1.73. The summed E-state index contributed by atoms with van der Waals surface area (Å²) in [5.41, 5.74) is 9.95. The summed E-state index contributed by atoms with van der Waals surface area (Å²) in [6, 6.07) is 9.97. The van der Waals surface area contributed by atoms with Crippen molar-refractivity contribution in [2.75, 3.05) is 0 Å². The van der Waals surface area contributed by atoms with Crippen LogP contribution in [0, 0.1) is 0 Å². The molecule has 19 heavy (non-hydrogen) atoms. The molecule has 0 unspecified atom stereocenters. The lowest BCUT2D eigenvalue weighted by Gasteiger charge is -2.03.